The van der Waals surface area contributed by atoms with E-state index in [0.717, 1.165) is 32.9 Å². The minimum Gasteiger partial charge on any atom is -0.497 e. The predicted octanol–water partition coefficient (Wildman–Crippen LogP) is 7.75. The Morgan fingerprint density at radius 2 is 1.71 bits per heavy atom. The van der Waals surface area contributed by atoms with Gasteiger partial charge >= 0.3 is 0 Å². The Morgan fingerprint density at radius 3 is 2.49 bits per heavy atom. The molecule has 2 heterocycles. The molecule has 2 aliphatic rings. The maximum Gasteiger partial charge on any atom is 0.242 e. The van der Waals surface area contributed by atoms with Crippen LogP contribution < -0.4 is 9.64 Å². The number of thioether (sulfide) groups is 1. The molecule has 0 N–H and O–H groups in total. The molecule has 0 amide bonds. The number of nitrogens with zero attached hydrogens (tertiary/aromatic N) is 2. The summed E-state index contributed by atoms with van der Waals surface area (Å²) in [5, 5.41) is 4.87. The van der Waals surface area contributed by atoms with E-state index in [0.29, 0.717) is 6.42 Å². The number of ether oxygens (including phenoxy) is 1. The van der Waals surface area contributed by atoms with Gasteiger partial charge in [-0.2, -0.15) is 0 Å². The van der Waals surface area contributed by atoms with Crippen molar-refractivity contribution in [2.24, 2.45) is 5.16 Å². The van der Waals surface area contributed by atoms with Crippen molar-refractivity contribution in [2.75, 3.05) is 12.0 Å². The van der Waals surface area contributed by atoms with Gasteiger partial charge in [-0.3, -0.25) is 4.90 Å². The Morgan fingerprint density at radius 1 is 0.943 bits per heavy atom. The standard InChI is InChI=1S/C29H23BrN2O2S/c1-33-24-16-14-20(15-17-24)27-19-29(22-9-3-2-4-10-22)32(25-12-5-6-13-26(25)35-27)28(31-34-29)21-8-7-11-23(30)18-21/h2-18,27H,19H2,1H3. The Kier molecular flexibility index (Phi) is 5.78. The highest BCUT2D eigenvalue weighted by Gasteiger charge is 2.52. The number of oxime groups is 1. The quantitative estimate of drug-likeness (QED) is 0.264. The molecule has 2 aliphatic heterocycles. The number of methoxy groups -OCH3 is 1. The van der Waals surface area contributed by atoms with Crippen LogP contribution in [0.25, 0.3) is 0 Å². The molecule has 0 bridgehead atoms. The summed E-state index contributed by atoms with van der Waals surface area (Å²) >= 11 is 5.49. The number of rotatable bonds is 4. The number of amidine groups is 1. The Labute approximate surface area is 217 Å². The number of halogens is 1. The van der Waals surface area contributed by atoms with Crippen LogP contribution in [0.4, 0.5) is 5.69 Å². The topological polar surface area (TPSA) is 34.1 Å². The summed E-state index contributed by atoms with van der Waals surface area (Å²) in [5.41, 5.74) is 3.60. The Balaban J connectivity index is 1.55. The summed E-state index contributed by atoms with van der Waals surface area (Å²) in [4.78, 5) is 10.0. The zero-order valence-corrected chi connectivity index (χ0v) is 21.5. The van der Waals surface area contributed by atoms with Crippen LogP contribution in [0.1, 0.15) is 28.4 Å². The van der Waals surface area contributed by atoms with Crippen molar-refractivity contribution >= 4 is 39.2 Å². The number of hydrogen-bond acceptors (Lipinski definition) is 5. The first kappa shape index (κ1) is 22.3. The summed E-state index contributed by atoms with van der Waals surface area (Å²) < 4.78 is 6.41. The molecule has 0 aromatic heterocycles. The van der Waals surface area contributed by atoms with Crippen molar-refractivity contribution in [2.45, 2.75) is 22.3 Å². The first-order valence-electron chi connectivity index (χ1n) is 11.5. The van der Waals surface area contributed by atoms with Crippen LogP contribution in [0.3, 0.4) is 0 Å². The van der Waals surface area contributed by atoms with Crippen LogP contribution >= 0.6 is 27.7 Å². The van der Waals surface area contributed by atoms with E-state index >= 15 is 0 Å². The second-order valence-electron chi connectivity index (χ2n) is 8.55. The van der Waals surface area contributed by atoms with Crippen LogP contribution in [0.15, 0.2) is 118 Å². The van der Waals surface area contributed by atoms with Gasteiger partial charge in [-0.25, -0.2) is 0 Å². The summed E-state index contributed by atoms with van der Waals surface area (Å²) in [6.45, 7) is 0. The van der Waals surface area contributed by atoms with E-state index in [-0.39, 0.29) is 5.25 Å². The summed E-state index contributed by atoms with van der Waals surface area (Å²) in [5.74, 6) is 1.66. The van der Waals surface area contributed by atoms with E-state index in [1.165, 1.54) is 10.5 Å². The fourth-order valence-corrected chi connectivity index (χ4v) is 6.55. The summed E-state index contributed by atoms with van der Waals surface area (Å²) in [6, 6.07) is 35.5. The molecule has 2 unspecified atom stereocenters. The molecule has 4 nitrogen and oxygen atoms in total. The fourth-order valence-electron chi connectivity index (χ4n) is 4.81. The Hall–Kier alpha value is -3.22. The summed E-state index contributed by atoms with van der Waals surface area (Å²) in [6.07, 6.45) is 0.712. The monoisotopic (exact) mass is 542 g/mol. The lowest BCUT2D eigenvalue weighted by Gasteiger charge is -2.37. The average molecular weight is 543 g/mol. The molecule has 174 valence electrons. The first-order chi connectivity index (χ1) is 17.2. The van der Waals surface area contributed by atoms with Gasteiger partial charge in [-0.15, -0.1) is 11.8 Å². The third-order valence-electron chi connectivity index (χ3n) is 6.49. The van der Waals surface area contributed by atoms with Crippen LogP contribution in [-0.4, -0.2) is 12.9 Å². The maximum atomic E-state index is 6.53. The van der Waals surface area contributed by atoms with Gasteiger partial charge in [0.05, 0.1) is 12.8 Å². The molecule has 0 saturated carbocycles. The normalized spacial score (nSPS) is 20.8. The number of fused-ring (bicyclic) bond motifs is 3. The van der Waals surface area contributed by atoms with Gasteiger partial charge in [0.2, 0.25) is 5.72 Å². The average Bonchev–Trinajstić information content (AvgIpc) is 3.22. The van der Waals surface area contributed by atoms with Crippen molar-refractivity contribution in [3.8, 4) is 5.75 Å². The highest BCUT2D eigenvalue weighted by atomic mass is 79.9. The largest absolute Gasteiger partial charge is 0.497 e. The maximum absolute atomic E-state index is 6.53. The van der Waals surface area contributed by atoms with Gasteiger partial charge in [0.25, 0.3) is 0 Å². The van der Waals surface area contributed by atoms with Crippen molar-refractivity contribution in [1.29, 1.82) is 0 Å². The summed E-state index contributed by atoms with van der Waals surface area (Å²) in [7, 11) is 1.70. The minimum atomic E-state index is -0.789. The molecule has 35 heavy (non-hydrogen) atoms. The van der Waals surface area contributed by atoms with Gasteiger partial charge in [0.15, 0.2) is 5.84 Å². The van der Waals surface area contributed by atoms with E-state index in [2.05, 4.69) is 93.6 Å². The number of hydrogen-bond donors (Lipinski definition) is 0. The van der Waals surface area contributed by atoms with Gasteiger partial charge in [0, 0.05) is 32.2 Å². The number of benzene rings is 4. The fraction of sp³-hybridized carbons (Fsp3) is 0.138. The SMILES string of the molecule is COc1ccc(C2CC3(c4ccccc4)ON=C(c4cccc(Br)c4)N3c3ccccc3S2)cc1. The zero-order chi connectivity index (χ0) is 23.8. The molecule has 0 aliphatic carbocycles. The number of anilines is 1. The second-order valence-corrected chi connectivity index (χ2v) is 10.7. The first-order valence-corrected chi connectivity index (χ1v) is 13.1. The highest BCUT2D eigenvalue weighted by molar-refractivity contribution is 9.10. The highest BCUT2D eigenvalue weighted by Crippen LogP contribution is 2.56. The molecule has 0 fully saturated rings. The van der Waals surface area contributed by atoms with Crippen molar-refractivity contribution in [3.05, 3.63) is 124 Å². The third kappa shape index (κ3) is 3.91. The molecular formula is C29H23BrN2O2S. The molecule has 0 saturated heterocycles. The van der Waals surface area contributed by atoms with Crippen LogP contribution in [0.5, 0.6) is 5.75 Å². The van der Waals surface area contributed by atoms with Crippen molar-refractivity contribution < 1.29 is 9.57 Å². The lowest BCUT2D eigenvalue weighted by Crippen LogP contribution is -2.47. The molecule has 4 aromatic carbocycles. The van der Waals surface area contributed by atoms with Crippen LogP contribution in [-0.2, 0) is 10.6 Å². The van der Waals surface area contributed by atoms with Gasteiger partial charge < -0.3 is 9.57 Å². The second kappa shape index (κ2) is 9.10. The van der Waals surface area contributed by atoms with E-state index in [1.54, 1.807) is 7.11 Å². The van der Waals surface area contributed by atoms with E-state index in [4.69, 9.17) is 14.7 Å². The van der Waals surface area contributed by atoms with Gasteiger partial charge in [-0.05, 0) is 42.0 Å². The van der Waals surface area contributed by atoms with E-state index < -0.39 is 5.72 Å². The molecule has 2 atom stereocenters. The third-order valence-corrected chi connectivity index (χ3v) is 8.30. The molecule has 4 aromatic rings. The van der Waals surface area contributed by atoms with Gasteiger partial charge in [-0.1, -0.05) is 87.8 Å². The molecule has 0 radical (unpaired) electrons. The zero-order valence-electron chi connectivity index (χ0n) is 19.1. The van der Waals surface area contributed by atoms with Crippen molar-refractivity contribution in [3.63, 3.8) is 0 Å². The van der Waals surface area contributed by atoms with Crippen molar-refractivity contribution in [1.82, 2.24) is 0 Å². The molecule has 0 spiro atoms. The Bertz CT molecular complexity index is 1390. The lowest BCUT2D eigenvalue weighted by molar-refractivity contribution is -0.0283. The minimum absolute atomic E-state index is 0.143. The molecule has 6 rings (SSSR count). The van der Waals surface area contributed by atoms with E-state index in [9.17, 15) is 0 Å². The van der Waals surface area contributed by atoms with Crippen LogP contribution in [0.2, 0.25) is 0 Å². The number of para-hydroxylation sites is 1. The smallest absolute Gasteiger partial charge is 0.242 e. The molecule has 6 heteroatoms. The van der Waals surface area contributed by atoms with E-state index in [1.807, 2.05) is 42.1 Å². The van der Waals surface area contributed by atoms with Gasteiger partial charge in [0.1, 0.15) is 5.75 Å². The molecular weight excluding hydrogens is 520 g/mol. The van der Waals surface area contributed by atoms with Crippen LogP contribution in [0, 0.1) is 0 Å². The lowest BCUT2D eigenvalue weighted by atomic mass is 9.92. The predicted molar refractivity (Wildman–Crippen MR) is 145 cm³/mol.